The topological polar surface area (TPSA) is 71.3 Å². The van der Waals surface area contributed by atoms with Gasteiger partial charge in [0.25, 0.3) is 5.91 Å². The maximum Gasteiger partial charge on any atom is 0.291 e. The Morgan fingerprint density at radius 3 is 2.38 bits per heavy atom. The summed E-state index contributed by atoms with van der Waals surface area (Å²) < 4.78 is 5.06. The zero-order valence-electron chi connectivity index (χ0n) is 15.4. The van der Waals surface area contributed by atoms with Gasteiger partial charge in [-0.2, -0.15) is 0 Å². The Labute approximate surface area is 155 Å². The zero-order chi connectivity index (χ0) is 18.6. The second kappa shape index (κ2) is 11.1. The van der Waals surface area contributed by atoms with E-state index in [2.05, 4.69) is 17.6 Å². The van der Waals surface area contributed by atoms with Crippen LogP contribution in [0.5, 0.6) is 0 Å². The van der Waals surface area contributed by atoms with E-state index in [1.807, 2.05) is 24.3 Å². The highest BCUT2D eigenvalue weighted by atomic mass is 16.3. The largest absolute Gasteiger partial charge is 0.459 e. The molecule has 1 aromatic heterocycles. The van der Waals surface area contributed by atoms with Gasteiger partial charge in [0.15, 0.2) is 5.76 Å². The SMILES string of the molecule is CCCCCCCCC(=O)NCc1ccc(NC(=O)c2ccco2)cc1. The van der Waals surface area contributed by atoms with E-state index in [0.717, 1.165) is 18.4 Å². The van der Waals surface area contributed by atoms with Crippen LogP contribution >= 0.6 is 0 Å². The predicted octanol–water partition coefficient (Wildman–Crippen LogP) is 4.90. The van der Waals surface area contributed by atoms with Crippen LogP contribution in [0.25, 0.3) is 0 Å². The van der Waals surface area contributed by atoms with E-state index < -0.39 is 0 Å². The van der Waals surface area contributed by atoms with Crippen molar-refractivity contribution in [2.24, 2.45) is 0 Å². The molecule has 0 aliphatic heterocycles. The minimum Gasteiger partial charge on any atom is -0.459 e. The molecular formula is C21H28N2O3. The number of carbonyl (C=O) groups is 2. The molecular weight excluding hydrogens is 328 g/mol. The number of hydrogen-bond donors (Lipinski definition) is 2. The molecule has 0 radical (unpaired) electrons. The Balaban J connectivity index is 1.65. The van der Waals surface area contributed by atoms with Gasteiger partial charge in [0.2, 0.25) is 5.91 Å². The van der Waals surface area contributed by atoms with Crippen LogP contribution < -0.4 is 10.6 Å². The Kier molecular flexibility index (Phi) is 8.46. The summed E-state index contributed by atoms with van der Waals surface area (Å²) in [7, 11) is 0. The van der Waals surface area contributed by atoms with Gasteiger partial charge >= 0.3 is 0 Å². The molecule has 0 aliphatic carbocycles. The van der Waals surface area contributed by atoms with Crippen LogP contribution in [0.15, 0.2) is 47.1 Å². The fourth-order valence-corrected chi connectivity index (χ4v) is 2.66. The highest BCUT2D eigenvalue weighted by molar-refractivity contribution is 6.02. The quantitative estimate of drug-likeness (QED) is 0.563. The molecule has 1 aromatic carbocycles. The van der Waals surface area contributed by atoms with Gasteiger partial charge in [0.05, 0.1) is 6.26 Å². The molecule has 0 bridgehead atoms. The van der Waals surface area contributed by atoms with Crippen LogP contribution in [0.1, 0.15) is 68.0 Å². The van der Waals surface area contributed by atoms with Gasteiger partial charge < -0.3 is 15.1 Å². The number of hydrogen-bond acceptors (Lipinski definition) is 3. The summed E-state index contributed by atoms with van der Waals surface area (Å²) in [5.74, 6) is 0.0849. The highest BCUT2D eigenvalue weighted by Gasteiger charge is 2.08. The lowest BCUT2D eigenvalue weighted by Crippen LogP contribution is -2.22. The third-order valence-corrected chi connectivity index (χ3v) is 4.20. The molecule has 0 spiro atoms. The minimum absolute atomic E-state index is 0.0932. The molecule has 0 saturated carbocycles. The van der Waals surface area contributed by atoms with Gasteiger partial charge in [-0.15, -0.1) is 0 Å². The molecule has 26 heavy (non-hydrogen) atoms. The van der Waals surface area contributed by atoms with Gasteiger partial charge in [-0.05, 0) is 36.2 Å². The molecule has 0 saturated heterocycles. The van der Waals surface area contributed by atoms with Crippen molar-refractivity contribution in [1.82, 2.24) is 5.32 Å². The lowest BCUT2D eigenvalue weighted by Gasteiger charge is -2.07. The molecule has 140 valence electrons. The van der Waals surface area contributed by atoms with E-state index in [4.69, 9.17) is 4.42 Å². The van der Waals surface area contributed by atoms with Crippen LogP contribution in [0, 0.1) is 0 Å². The number of rotatable bonds is 11. The monoisotopic (exact) mass is 356 g/mol. The zero-order valence-corrected chi connectivity index (χ0v) is 15.4. The Morgan fingerprint density at radius 2 is 1.69 bits per heavy atom. The number of amides is 2. The fraction of sp³-hybridized carbons (Fsp3) is 0.429. The summed E-state index contributed by atoms with van der Waals surface area (Å²) in [4.78, 5) is 23.8. The summed E-state index contributed by atoms with van der Waals surface area (Å²) in [6.07, 6.45) is 9.13. The molecule has 5 nitrogen and oxygen atoms in total. The number of unbranched alkanes of at least 4 members (excludes halogenated alkanes) is 5. The number of furan rings is 1. The first-order chi connectivity index (χ1) is 12.7. The highest BCUT2D eigenvalue weighted by Crippen LogP contribution is 2.12. The minimum atomic E-state index is -0.282. The van der Waals surface area contributed by atoms with Crippen LogP contribution in [0.2, 0.25) is 0 Å². The van der Waals surface area contributed by atoms with Crippen LogP contribution in [-0.4, -0.2) is 11.8 Å². The van der Waals surface area contributed by atoms with Crippen molar-refractivity contribution in [3.8, 4) is 0 Å². The van der Waals surface area contributed by atoms with E-state index in [1.165, 1.54) is 31.9 Å². The van der Waals surface area contributed by atoms with Crippen molar-refractivity contribution in [2.75, 3.05) is 5.32 Å². The normalized spacial score (nSPS) is 10.5. The van der Waals surface area contributed by atoms with E-state index in [-0.39, 0.29) is 17.6 Å². The van der Waals surface area contributed by atoms with Crippen molar-refractivity contribution in [3.63, 3.8) is 0 Å². The first-order valence-corrected chi connectivity index (χ1v) is 9.39. The lowest BCUT2D eigenvalue weighted by molar-refractivity contribution is -0.121. The Morgan fingerprint density at radius 1 is 0.962 bits per heavy atom. The maximum atomic E-state index is 11.9. The summed E-state index contributed by atoms with van der Waals surface area (Å²) in [6.45, 7) is 2.70. The van der Waals surface area contributed by atoms with E-state index in [9.17, 15) is 9.59 Å². The molecule has 0 unspecified atom stereocenters. The smallest absolute Gasteiger partial charge is 0.291 e. The van der Waals surface area contributed by atoms with Crippen molar-refractivity contribution >= 4 is 17.5 Å². The first-order valence-electron chi connectivity index (χ1n) is 9.39. The number of anilines is 1. The fourth-order valence-electron chi connectivity index (χ4n) is 2.66. The van der Waals surface area contributed by atoms with E-state index >= 15 is 0 Å². The summed E-state index contributed by atoms with van der Waals surface area (Å²) >= 11 is 0. The second-order valence-corrected chi connectivity index (χ2v) is 6.42. The van der Waals surface area contributed by atoms with Gasteiger partial charge in [-0.3, -0.25) is 9.59 Å². The summed E-state index contributed by atoms with van der Waals surface area (Å²) in [5.41, 5.74) is 1.69. The van der Waals surface area contributed by atoms with Crippen LogP contribution in [-0.2, 0) is 11.3 Å². The molecule has 2 rings (SSSR count). The first kappa shape index (κ1) is 19.8. The van der Waals surface area contributed by atoms with Gasteiger partial charge in [0.1, 0.15) is 0 Å². The third-order valence-electron chi connectivity index (χ3n) is 4.20. The van der Waals surface area contributed by atoms with E-state index in [1.54, 1.807) is 12.1 Å². The Bertz CT molecular complexity index is 663. The summed E-state index contributed by atoms with van der Waals surface area (Å²) in [6, 6.07) is 10.7. The van der Waals surface area contributed by atoms with Crippen molar-refractivity contribution in [1.29, 1.82) is 0 Å². The second-order valence-electron chi connectivity index (χ2n) is 6.42. The molecule has 2 aromatic rings. The molecule has 0 atom stereocenters. The molecule has 0 aliphatic rings. The molecule has 2 amide bonds. The number of benzene rings is 1. The predicted molar refractivity (Wildman–Crippen MR) is 103 cm³/mol. The molecule has 1 heterocycles. The standard InChI is InChI=1S/C21H28N2O3/c1-2-3-4-5-6-7-10-20(24)22-16-17-11-13-18(14-12-17)23-21(25)19-9-8-15-26-19/h8-9,11-15H,2-7,10,16H2,1H3,(H,22,24)(H,23,25). The van der Waals surface area contributed by atoms with Gasteiger partial charge in [-0.1, -0.05) is 51.2 Å². The average molecular weight is 356 g/mol. The number of nitrogens with one attached hydrogen (secondary N) is 2. The van der Waals surface area contributed by atoms with Gasteiger partial charge in [0, 0.05) is 18.7 Å². The van der Waals surface area contributed by atoms with Crippen molar-refractivity contribution < 1.29 is 14.0 Å². The molecule has 0 fully saturated rings. The summed E-state index contributed by atoms with van der Waals surface area (Å²) in [5, 5.41) is 5.71. The van der Waals surface area contributed by atoms with Crippen molar-refractivity contribution in [3.05, 3.63) is 54.0 Å². The van der Waals surface area contributed by atoms with Crippen LogP contribution in [0.4, 0.5) is 5.69 Å². The number of carbonyl (C=O) groups excluding carboxylic acids is 2. The Hall–Kier alpha value is -2.56. The van der Waals surface area contributed by atoms with Gasteiger partial charge in [-0.25, -0.2) is 0 Å². The van der Waals surface area contributed by atoms with E-state index in [0.29, 0.717) is 18.7 Å². The van der Waals surface area contributed by atoms with Crippen molar-refractivity contribution in [2.45, 2.75) is 58.4 Å². The maximum absolute atomic E-state index is 11.9. The average Bonchev–Trinajstić information content (AvgIpc) is 3.19. The lowest BCUT2D eigenvalue weighted by atomic mass is 10.1. The third kappa shape index (κ3) is 7.13. The molecule has 2 N–H and O–H groups in total. The van der Waals surface area contributed by atoms with Crippen LogP contribution in [0.3, 0.4) is 0 Å². The molecule has 5 heteroatoms.